The first-order chi connectivity index (χ1) is 15.9. The molecule has 8 nitrogen and oxygen atoms in total. The number of hydrogen-bond donors (Lipinski definition) is 5. The third kappa shape index (κ3) is 4.35. The van der Waals surface area contributed by atoms with Crippen molar-refractivity contribution in [3.63, 3.8) is 0 Å². The molecule has 3 aliphatic carbocycles. The zero-order chi connectivity index (χ0) is 24.9. The van der Waals surface area contributed by atoms with E-state index in [9.17, 15) is 30.3 Å². The number of allylic oxidation sites excluding steroid dienone is 2. The van der Waals surface area contributed by atoms with E-state index in [4.69, 9.17) is 9.47 Å². The van der Waals surface area contributed by atoms with E-state index in [2.05, 4.69) is 19.9 Å². The third-order valence-corrected chi connectivity index (χ3v) is 9.83. The molecule has 8 heteroatoms. The summed E-state index contributed by atoms with van der Waals surface area (Å²) in [4.78, 5) is 12.2. The van der Waals surface area contributed by atoms with Crippen LogP contribution < -0.4 is 0 Å². The highest BCUT2D eigenvalue weighted by molar-refractivity contribution is 5.75. The molecular weight excluding hydrogens is 440 g/mol. The number of rotatable bonds is 6. The SMILES string of the molecule is CC1(CCOC2OC(CO)C(O)C(O)C2O)CCC2C(=CCC3C(C)(C(=O)O)CCCC23C)C1. The minimum atomic E-state index is -1.44. The van der Waals surface area contributed by atoms with Crippen LogP contribution in [0.2, 0.25) is 0 Å². The van der Waals surface area contributed by atoms with Crippen LogP contribution in [0.1, 0.15) is 72.1 Å². The Hall–Kier alpha value is -1.03. The van der Waals surface area contributed by atoms with Crippen molar-refractivity contribution in [1.29, 1.82) is 0 Å². The molecule has 0 amide bonds. The summed E-state index contributed by atoms with van der Waals surface area (Å²) in [6, 6.07) is 0. The summed E-state index contributed by atoms with van der Waals surface area (Å²) in [6.45, 7) is 6.37. The number of aliphatic carboxylic acids is 1. The Bertz CT molecular complexity index is 798. The van der Waals surface area contributed by atoms with Crippen molar-refractivity contribution in [2.75, 3.05) is 13.2 Å². The van der Waals surface area contributed by atoms with Gasteiger partial charge in [0, 0.05) is 0 Å². The molecule has 0 aromatic rings. The summed E-state index contributed by atoms with van der Waals surface area (Å²) in [7, 11) is 0. The number of hydrogen-bond acceptors (Lipinski definition) is 7. The molecule has 1 saturated heterocycles. The second kappa shape index (κ2) is 9.45. The van der Waals surface area contributed by atoms with Crippen LogP contribution in [0.25, 0.3) is 0 Å². The molecule has 1 heterocycles. The first-order valence-electron chi connectivity index (χ1n) is 12.8. The number of carbonyl (C=O) groups is 1. The van der Waals surface area contributed by atoms with E-state index in [-0.39, 0.29) is 16.7 Å². The van der Waals surface area contributed by atoms with E-state index in [0.717, 1.165) is 51.4 Å². The van der Waals surface area contributed by atoms with Crippen LogP contribution in [0.4, 0.5) is 0 Å². The van der Waals surface area contributed by atoms with Crippen LogP contribution in [0.15, 0.2) is 11.6 Å². The van der Waals surface area contributed by atoms with Crippen molar-refractivity contribution in [2.45, 2.75) is 103 Å². The number of aliphatic hydroxyl groups excluding tert-OH is 4. The molecule has 2 saturated carbocycles. The number of fused-ring (bicyclic) bond motifs is 3. The first-order valence-corrected chi connectivity index (χ1v) is 12.8. The average molecular weight is 483 g/mol. The van der Waals surface area contributed by atoms with Crippen LogP contribution >= 0.6 is 0 Å². The van der Waals surface area contributed by atoms with Crippen molar-refractivity contribution in [3.05, 3.63) is 11.6 Å². The molecule has 4 aliphatic rings. The fraction of sp³-hybridized carbons (Fsp3) is 0.885. The van der Waals surface area contributed by atoms with E-state index >= 15 is 0 Å². The fourth-order valence-electron chi connectivity index (χ4n) is 7.57. The van der Waals surface area contributed by atoms with Gasteiger partial charge in [-0.25, -0.2) is 0 Å². The van der Waals surface area contributed by atoms with Gasteiger partial charge in [0.25, 0.3) is 0 Å². The van der Waals surface area contributed by atoms with E-state index < -0.39 is 48.7 Å². The van der Waals surface area contributed by atoms with Gasteiger partial charge in [-0.1, -0.05) is 31.9 Å². The zero-order valence-corrected chi connectivity index (χ0v) is 20.7. The van der Waals surface area contributed by atoms with Gasteiger partial charge in [0.1, 0.15) is 24.4 Å². The van der Waals surface area contributed by atoms with E-state index in [1.54, 1.807) is 0 Å². The largest absolute Gasteiger partial charge is 0.481 e. The van der Waals surface area contributed by atoms with Crippen molar-refractivity contribution in [2.24, 2.45) is 28.1 Å². The first kappa shape index (κ1) is 26.0. The van der Waals surface area contributed by atoms with Gasteiger partial charge in [0.05, 0.1) is 18.6 Å². The Labute approximate surface area is 202 Å². The van der Waals surface area contributed by atoms with E-state index in [1.165, 1.54) is 5.57 Å². The summed E-state index contributed by atoms with van der Waals surface area (Å²) in [5, 5.41) is 49.5. The lowest BCUT2D eigenvalue weighted by Gasteiger charge is -2.58. The van der Waals surface area contributed by atoms with Crippen LogP contribution in [-0.2, 0) is 14.3 Å². The Kier molecular flexibility index (Phi) is 7.24. The highest BCUT2D eigenvalue weighted by Crippen LogP contribution is 2.64. The Morgan fingerprint density at radius 2 is 1.85 bits per heavy atom. The van der Waals surface area contributed by atoms with Crippen molar-refractivity contribution < 1.29 is 39.8 Å². The van der Waals surface area contributed by atoms with Crippen LogP contribution in [0.5, 0.6) is 0 Å². The normalized spacial score (nSPS) is 49.0. The number of ether oxygens (including phenoxy) is 2. The smallest absolute Gasteiger partial charge is 0.309 e. The lowest BCUT2D eigenvalue weighted by Crippen LogP contribution is -2.59. The standard InChI is InChI=1S/C26H42O8/c1-24(11-12-33-22-21(30)20(29)19(28)17(14-27)34-22)10-7-16-15(13-24)5-6-18-25(16,2)8-4-9-26(18,3)23(31)32/h5,16-22,27-30H,4,6-14H2,1-3H3,(H,31,32). The van der Waals surface area contributed by atoms with Gasteiger partial charge in [-0.3, -0.25) is 4.79 Å². The highest BCUT2D eigenvalue weighted by Gasteiger charge is 2.58. The monoisotopic (exact) mass is 482 g/mol. The molecule has 0 aromatic heterocycles. The molecule has 1 aliphatic heterocycles. The van der Waals surface area contributed by atoms with E-state index in [0.29, 0.717) is 12.5 Å². The molecule has 3 fully saturated rings. The van der Waals surface area contributed by atoms with Gasteiger partial charge < -0.3 is 35.0 Å². The Morgan fingerprint density at radius 1 is 1.12 bits per heavy atom. The van der Waals surface area contributed by atoms with Crippen LogP contribution in [0.3, 0.4) is 0 Å². The van der Waals surface area contributed by atoms with Crippen molar-refractivity contribution >= 4 is 5.97 Å². The predicted octanol–water partition coefficient (Wildman–Crippen LogP) is 2.23. The molecule has 0 spiro atoms. The van der Waals surface area contributed by atoms with Crippen molar-refractivity contribution in [3.8, 4) is 0 Å². The third-order valence-electron chi connectivity index (χ3n) is 9.83. The second-order valence-electron chi connectivity index (χ2n) is 12.0. The molecule has 4 rings (SSSR count). The maximum Gasteiger partial charge on any atom is 0.309 e. The van der Waals surface area contributed by atoms with Crippen molar-refractivity contribution in [1.82, 2.24) is 0 Å². The van der Waals surface area contributed by atoms with Crippen LogP contribution in [-0.4, -0.2) is 75.4 Å². The molecule has 0 bridgehead atoms. The van der Waals surface area contributed by atoms with Gasteiger partial charge in [-0.15, -0.1) is 0 Å². The van der Waals surface area contributed by atoms with Gasteiger partial charge in [0.2, 0.25) is 0 Å². The van der Waals surface area contributed by atoms with Crippen LogP contribution in [0, 0.1) is 28.1 Å². The lowest BCUT2D eigenvalue weighted by atomic mass is 9.45. The van der Waals surface area contributed by atoms with Gasteiger partial charge in [-0.05, 0) is 74.5 Å². The van der Waals surface area contributed by atoms with E-state index in [1.807, 2.05) is 6.92 Å². The summed E-state index contributed by atoms with van der Waals surface area (Å²) in [5.41, 5.74) is 0.832. The Balaban J connectivity index is 1.39. The molecule has 0 radical (unpaired) electrons. The summed E-state index contributed by atoms with van der Waals surface area (Å²) >= 11 is 0. The van der Waals surface area contributed by atoms with Gasteiger partial charge >= 0.3 is 5.97 Å². The quantitative estimate of drug-likeness (QED) is 0.364. The number of carboxylic acid groups (broad SMARTS) is 1. The predicted molar refractivity (Wildman–Crippen MR) is 124 cm³/mol. The molecule has 5 N–H and O–H groups in total. The summed E-state index contributed by atoms with van der Waals surface area (Å²) in [5.74, 6) is -0.0743. The second-order valence-corrected chi connectivity index (χ2v) is 12.0. The number of carboxylic acids is 1. The minimum absolute atomic E-state index is 0.0175. The van der Waals surface area contributed by atoms with Gasteiger partial charge in [-0.2, -0.15) is 0 Å². The lowest BCUT2D eigenvalue weighted by molar-refractivity contribution is -0.302. The molecule has 10 atom stereocenters. The average Bonchev–Trinajstić information content (AvgIpc) is 2.78. The summed E-state index contributed by atoms with van der Waals surface area (Å²) in [6.07, 6.45) is 3.41. The number of aliphatic hydroxyl groups is 4. The van der Waals surface area contributed by atoms with Gasteiger partial charge in [0.15, 0.2) is 6.29 Å². The highest BCUT2D eigenvalue weighted by atomic mass is 16.7. The minimum Gasteiger partial charge on any atom is -0.481 e. The molecule has 0 aromatic carbocycles. The Morgan fingerprint density at radius 3 is 2.53 bits per heavy atom. The molecule has 34 heavy (non-hydrogen) atoms. The molecule has 194 valence electrons. The maximum atomic E-state index is 12.2. The maximum absolute atomic E-state index is 12.2. The molecular formula is C26H42O8. The zero-order valence-electron chi connectivity index (χ0n) is 20.7. The topological polar surface area (TPSA) is 137 Å². The molecule has 10 unspecified atom stereocenters. The summed E-state index contributed by atoms with van der Waals surface area (Å²) < 4.78 is 11.2. The fourth-order valence-corrected chi connectivity index (χ4v) is 7.57.